The predicted molar refractivity (Wildman–Crippen MR) is 81.5 cm³/mol. The van der Waals surface area contributed by atoms with Gasteiger partial charge >= 0.3 is 0 Å². The van der Waals surface area contributed by atoms with E-state index in [0.29, 0.717) is 12.6 Å². The van der Waals surface area contributed by atoms with E-state index < -0.39 is 0 Å². The summed E-state index contributed by atoms with van der Waals surface area (Å²) in [7, 11) is 1.65. The van der Waals surface area contributed by atoms with Gasteiger partial charge in [-0.05, 0) is 44.0 Å². The molecule has 1 unspecified atom stereocenters. The Morgan fingerprint density at radius 3 is 2.30 bits per heavy atom. The van der Waals surface area contributed by atoms with Crippen LogP contribution in [-0.4, -0.2) is 37.0 Å². The minimum absolute atomic E-state index is 0.133. The van der Waals surface area contributed by atoms with Crippen molar-refractivity contribution >= 4 is 0 Å². The van der Waals surface area contributed by atoms with Crippen LogP contribution < -0.4 is 14.8 Å². The molecule has 0 amide bonds. The number of benzene rings is 1. The number of aliphatic hydroxyl groups is 1. The summed E-state index contributed by atoms with van der Waals surface area (Å²) >= 11 is 0. The summed E-state index contributed by atoms with van der Waals surface area (Å²) in [6.07, 6.45) is 1.76. The van der Waals surface area contributed by atoms with Gasteiger partial charge in [0.25, 0.3) is 0 Å². The molecule has 1 rings (SSSR count). The van der Waals surface area contributed by atoms with E-state index in [0.717, 1.165) is 24.3 Å². The molecule has 0 saturated heterocycles. The van der Waals surface area contributed by atoms with Gasteiger partial charge in [0, 0.05) is 11.6 Å². The molecule has 4 heteroatoms. The summed E-state index contributed by atoms with van der Waals surface area (Å²) in [4.78, 5) is 0. The highest BCUT2D eigenvalue weighted by atomic mass is 16.5. The summed E-state index contributed by atoms with van der Waals surface area (Å²) in [5.41, 5.74) is -0.239. The van der Waals surface area contributed by atoms with Gasteiger partial charge in [0.05, 0.1) is 20.3 Å². The van der Waals surface area contributed by atoms with Crippen molar-refractivity contribution in [1.29, 1.82) is 0 Å². The Morgan fingerprint density at radius 1 is 1.20 bits per heavy atom. The van der Waals surface area contributed by atoms with E-state index in [9.17, 15) is 5.11 Å². The number of rotatable bonds is 9. The quantitative estimate of drug-likeness (QED) is 0.683. The van der Waals surface area contributed by atoms with Crippen molar-refractivity contribution in [2.75, 3.05) is 20.3 Å². The van der Waals surface area contributed by atoms with E-state index in [-0.39, 0.29) is 12.1 Å². The Kier molecular flexibility index (Phi) is 6.82. The number of hydrogen-bond acceptors (Lipinski definition) is 4. The Balaban J connectivity index is 2.32. The van der Waals surface area contributed by atoms with Gasteiger partial charge in [0.2, 0.25) is 0 Å². The number of hydrogen-bond donors (Lipinski definition) is 2. The van der Waals surface area contributed by atoms with Crippen LogP contribution in [0.15, 0.2) is 24.3 Å². The second-order valence-electron chi connectivity index (χ2n) is 5.65. The fraction of sp³-hybridized carbons (Fsp3) is 0.625. The van der Waals surface area contributed by atoms with Crippen LogP contribution in [0.3, 0.4) is 0 Å². The molecule has 0 aromatic heterocycles. The summed E-state index contributed by atoms with van der Waals surface area (Å²) < 4.78 is 10.8. The minimum Gasteiger partial charge on any atom is -0.497 e. The molecule has 1 atom stereocenters. The molecular weight excluding hydrogens is 254 g/mol. The molecule has 2 N–H and O–H groups in total. The fourth-order valence-electron chi connectivity index (χ4n) is 2.22. The van der Waals surface area contributed by atoms with Gasteiger partial charge < -0.3 is 19.9 Å². The maximum Gasteiger partial charge on any atom is 0.119 e. The van der Waals surface area contributed by atoms with Crippen molar-refractivity contribution in [3.63, 3.8) is 0 Å². The van der Waals surface area contributed by atoms with Crippen LogP contribution in [0.1, 0.15) is 33.6 Å². The Morgan fingerprint density at radius 2 is 1.80 bits per heavy atom. The summed E-state index contributed by atoms with van der Waals surface area (Å²) in [5.74, 6) is 1.67. The van der Waals surface area contributed by atoms with Gasteiger partial charge in [-0.2, -0.15) is 0 Å². The van der Waals surface area contributed by atoms with E-state index in [1.807, 2.05) is 31.2 Å². The Hall–Kier alpha value is -1.26. The fourth-order valence-corrected chi connectivity index (χ4v) is 2.22. The van der Waals surface area contributed by atoms with Crippen LogP contribution in [0.4, 0.5) is 0 Å². The molecule has 20 heavy (non-hydrogen) atoms. The summed E-state index contributed by atoms with van der Waals surface area (Å²) in [6.45, 7) is 6.99. The van der Waals surface area contributed by atoms with E-state index in [1.54, 1.807) is 7.11 Å². The first kappa shape index (κ1) is 16.8. The molecule has 0 aliphatic rings. The van der Waals surface area contributed by atoms with E-state index >= 15 is 0 Å². The average Bonchev–Trinajstić information content (AvgIpc) is 2.43. The first-order valence-electron chi connectivity index (χ1n) is 7.14. The Labute approximate surface area is 122 Å². The molecule has 0 heterocycles. The van der Waals surface area contributed by atoms with Gasteiger partial charge in [-0.1, -0.05) is 13.8 Å². The molecule has 4 nitrogen and oxygen atoms in total. The molecule has 0 fully saturated rings. The average molecular weight is 281 g/mol. The van der Waals surface area contributed by atoms with E-state index in [1.165, 1.54) is 0 Å². The third kappa shape index (κ3) is 5.80. The number of methoxy groups -OCH3 is 1. The lowest BCUT2D eigenvalue weighted by Crippen LogP contribution is -2.49. The van der Waals surface area contributed by atoms with Crippen LogP contribution in [0.2, 0.25) is 0 Å². The zero-order chi connectivity index (χ0) is 15.0. The minimum atomic E-state index is -0.239. The maximum absolute atomic E-state index is 9.49. The molecule has 0 aliphatic carbocycles. The van der Waals surface area contributed by atoms with Crippen molar-refractivity contribution in [2.24, 2.45) is 0 Å². The zero-order valence-electron chi connectivity index (χ0n) is 13.0. The normalized spacial score (nSPS) is 14.1. The van der Waals surface area contributed by atoms with Gasteiger partial charge in [-0.3, -0.25) is 0 Å². The van der Waals surface area contributed by atoms with Gasteiger partial charge in [-0.25, -0.2) is 0 Å². The molecule has 1 aromatic carbocycles. The predicted octanol–water partition coefficient (Wildman–Crippen LogP) is 2.60. The molecule has 0 radical (unpaired) electrons. The van der Waals surface area contributed by atoms with Crippen molar-refractivity contribution in [1.82, 2.24) is 5.32 Å². The largest absolute Gasteiger partial charge is 0.497 e. The Bertz CT molecular complexity index is 378. The monoisotopic (exact) mass is 281 g/mol. The third-order valence-corrected chi connectivity index (χ3v) is 3.19. The molecule has 114 valence electrons. The summed E-state index contributed by atoms with van der Waals surface area (Å²) in [6, 6.07) is 7.92. The maximum atomic E-state index is 9.49. The molecule has 0 bridgehead atoms. The number of ether oxygens (including phenoxy) is 2. The lowest BCUT2D eigenvalue weighted by molar-refractivity contribution is 0.147. The van der Waals surface area contributed by atoms with Crippen molar-refractivity contribution < 1.29 is 14.6 Å². The number of nitrogens with one attached hydrogen (secondary N) is 1. The van der Waals surface area contributed by atoms with Crippen molar-refractivity contribution in [3.05, 3.63) is 24.3 Å². The molecule has 0 spiro atoms. The van der Waals surface area contributed by atoms with E-state index in [2.05, 4.69) is 19.2 Å². The lowest BCUT2D eigenvalue weighted by atomic mass is 9.96. The molecule has 0 saturated carbocycles. The van der Waals surface area contributed by atoms with Gasteiger partial charge in [-0.15, -0.1) is 0 Å². The highest BCUT2D eigenvalue weighted by Gasteiger charge is 2.23. The third-order valence-electron chi connectivity index (χ3n) is 3.19. The van der Waals surface area contributed by atoms with Crippen LogP contribution in [-0.2, 0) is 0 Å². The first-order chi connectivity index (χ1) is 9.49. The molecular formula is C16H27NO3. The van der Waals surface area contributed by atoms with Crippen molar-refractivity contribution in [3.8, 4) is 11.5 Å². The van der Waals surface area contributed by atoms with Gasteiger partial charge in [0.1, 0.15) is 11.5 Å². The second kappa shape index (κ2) is 8.12. The number of aliphatic hydroxyl groups excluding tert-OH is 1. The summed E-state index contributed by atoms with van der Waals surface area (Å²) in [5, 5.41) is 12.9. The smallest absolute Gasteiger partial charge is 0.119 e. The van der Waals surface area contributed by atoms with Crippen LogP contribution >= 0.6 is 0 Å². The highest BCUT2D eigenvalue weighted by molar-refractivity contribution is 5.31. The van der Waals surface area contributed by atoms with Gasteiger partial charge in [0.15, 0.2) is 0 Å². The van der Waals surface area contributed by atoms with Crippen LogP contribution in [0.25, 0.3) is 0 Å². The van der Waals surface area contributed by atoms with Crippen LogP contribution in [0.5, 0.6) is 11.5 Å². The van der Waals surface area contributed by atoms with Crippen LogP contribution in [0, 0.1) is 0 Å². The first-order valence-corrected chi connectivity index (χ1v) is 7.14. The lowest BCUT2D eigenvalue weighted by Gasteiger charge is -2.31. The SMILES string of the molecule is COc1ccc(OCCCC(C)(CO)NC(C)C)cc1. The topological polar surface area (TPSA) is 50.7 Å². The zero-order valence-corrected chi connectivity index (χ0v) is 13.0. The van der Waals surface area contributed by atoms with Crippen molar-refractivity contribution in [2.45, 2.75) is 45.2 Å². The molecule has 1 aromatic rings. The molecule has 0 aliphatic heterocycles. The second-order valence-corrected chi connectivity index (χ2v) is 5.65. The standard InChI is InChI=1S/C16H27NO3/c1-13(2)17-16(3,12-18)10-5-11-20-15-8-6-14(19-4)7-9-15/h6-9,13,17-18H,5,10-12H2,1-4H3. The highest BCUT2D eigenvalue weighted by Crippen LogP contribution is 2.18. The van der Waals surface area contributed by atoms with E-state index in [4.69, 9.17) is 9.47 Å².